The first-order valence-electron chi connectivity index (χ1n) is 6.36. The Hall–Kier alpha value is -2.36. The van der Waals surface area contributed by atoms with E-state index in [1.807, 2.05) is 37.4 Å². The van der Waals surface area contributed by atoms with Crippen LogP contribution >= 0.6 is 0 Å². The van der Waals surface area contributed by atoms with Crippen molar-refractivity contribution in [3.8, 4) is 5.75 Å². The predicted molar refractivity (Wildman–Crippen MR) is 74.0 cm³/mol. The summed E-state index contributed by atoms with van der Waals surface area (Å²) in [4.78, 5) is 0. The predicted octanol–water partition coefficient (Wildman–Crippen LogP) is 3.03. The normalized spacial score (nSPS) is 10.8. The van der Waals surface area contributed by atoms with Crippen LogP contribution in [0.25, 0.3) is 10.8 Å². The largest absolute Gasteiger partial charge is 0.487 e. The van der Waals surface area contributed by atoms with Crippen LogP contribution in [0, 0.1) is 0 Å². The molecule has 0 bridgehead atoms. The van der Waals surface area contributed by atoms with Crippen LogP contribution in [-0.4, -0.2) is 15.0 Å². The van der Waals surface area contributed by atoms with Gasteiger partial charge in [-0.05, 0) is 29.8 Å². The highest BCUT2D eigenvalue weighted by atomic mass is 16.5. The van der Waals surface area contributed by atoms with Crippen molar-refractivity contribution in [2.75, 3.05) is 0 Å². The van der Waals surface area contributed by atoms with E-state index in [1.54, 1.807) is 4.68 Å². The van der Waals surface area contributed by atoms with Crippen molar-refractivity contribution in [1.29, 1.82) is 0 Å². The summed E-state index contributed by atoms with van der Waals surface area (Å²) >= 11 is 0. The molecule has 0 N–H and O–H groups in total. The standard InChI is InChI=1S/C15H15N3O/c1-2-18-10-14(16-17-18)11-19-15-8-7-12-5-3-4-6-13(12)9-15/h3-10H,2,11H2,1H3. The van der Waals surface area contributed by atoms with E-state index in [2.05, 4.69) is 28.5 Å². The average molecular weight is 253 g/mol. The second-order valence-corrected chi connectivity index (χ2v) is 4.36. The Bertz CT molecular complexity index is 690. The van der Waals surface area contributed by atoms with Crippen molar-refractivity contribution in [2.45, 2.75) is 20.1 Å². The van der Waals surface area contributed by atoms with E-state index in [1.165, 1.54) is 10.8 Å². The van der Waals surface area contributed by atoms with Crippen LogP contribution < -0.4 is 4.74 Å². The monoisotopic (exact) mass is 253 g/mol. The van der Waals surface area contributed by atoms with Gasteiger partial charge in [0.2, 0.25) is 0 Å². The highest BCUT2D eigenvalue weighted by Gasteiger charge is 2.01. The molecule has 0 fully saturated rings. The molecule has 0 saturated carbocycles. The molecular formula is C15H15N3O. The molecule has 4 heteroatoms. The van der Waals surface area contributed by atoms with E-state index >= 15 is 0 Å². The fourth-order valence-electron chi connectivity index (χ4n) is 1.97. The smallest absolute Gasteiger partial charge is 0.134 e. The lowest BCUT2D eigenvalue weighted by Gasteiger charge is -2.05. The first kappa shape index (κ1) is 11.7. The van der Waals surface area contributed by atoms with E-state index in [4.69, 9.17) is 4.74 Å². The van der Waals surface area contributed by atoms with Gasteiger partial charge in [-0.25, -0.2) is 0 Å². The van der Waals surface area contributed by atoms with Crippen molar-refractivity contribution >= 4 is 10.8 Å². The second-order valence-electron chi connectivity index (χ2n) is 4.36. The minimum atomic E-state index is 0.443. The fourth-order valence-corrected chi connectivity index (χ4v) is 1.97. The molecule has 1 heterocycles. The third-order valence-electron chi connectivity index (χ3n) is 3.02. The summed E-state index contributed by atoms with van der Waals surface area (Å²) in [6.07, 6.45) is 1.90. The lowest BCUT2D eigenvalue weighted by atomic mass is 10.1. The molecule has 0 aliphatic rings. The number of aromatic nitrogens is 3. The van der Waals surface area contributed by atoms with Gasteiger partial charge in [0, 0.05) is 6.54 Å². The number of nitrogens with zero attached hydrogens (tertiary/aromatic N) is 3. The quantitative estimate of drug-likeness (QED) is 0.717. The Morgan fingerprint density at radius 1 is 1.11 bits per heavy atom. The van der Waals surface area contributed by atoms with Crippen LogP contribution in [0.5, 0.6) is 5.75 Å². The maximum Gasteiger partial charge on any atom is 0.134 e. The summed E-state index contributed by atoms with van der Waals surface area (Å²) < 4.78 is 7.53. The van der Waals surface area contributed by atoms with Gasteiger partial charge in [-0.3, -0.25) is 4.68 Å². The third-order valence-corrected chi connectivity index (χ3v) is 3.02. The molecule has 0 radical (unpaired) electrons. The SMILES string of the molecule is CCn1cc(COc2ccc3ccccc3c2)nn1. The average Bonchev–Trinajstić information content (AvgIpc) is 2.93. The Kier molecular flexibility index (Phi) is 3.14. The van der Waals surface area contributed by atoms with Gasteiger partial charge in [0.25, 0.3) is 0 Å². The molecule has 0 saturated heterocycles. The molecule has 0 atom stereocenters. The Labute approximate surface area is 111 Å². The van der Waals surface area contributed by atoms with Crippen molar-refractivity contribution in [1.82, 2.24) is 15.0 Å². The van der Waals surface area contributed by atoms with Crippen LogP contribution in [-0.2, 0) is 13.2 Å². The van der Waals surface area contributed by atoms with Gasteiger partial charge in [-0.1, -0.05) is 35.5 Å². The van der Waals surface area contributed by atoms with Crippen LogP contribution in [0.2, 0.25) is 0 Å². The zero-order valence-electron chi connectivity index (χ0n) is 10.8. The summed E-state index contributed by atoms with van der Waals surface area (Å²) in [6, 6.07) is 14.3. The van der Waals surface area contributed by atoms with Gasteiger partial charge < -0.3 is 4.74 Å². The Balaban J connectivity index is 1.74. The van der Waals surface area contributed by atoms with Gasteiger partial charge in [0.15, 0.2) is 0 Å². The maximum atomic E-state index is 5.74. The first-order chi connectivity index (χ1) is 9.35. The van der Waals surface area contributed by atoms with E-state index < -0.39 is 0 Å². The molecule has 0 aliphatic heterocycles. The number of hydrogen-bond donors (Lipinski definition) is 0. The van der Waals surface area contributed by atoms with E-state index in [0.29, 0.717) is 6.61 Å². The van der Waals surface area contributed by atoms with E-state index in [0.717, 1.165) is 18.0 Å². The van der Waals surface area contributed by atoms with Crippen molar-refractivity contribution in [3.05, 3.63) is 54.4 Å². The first-order valence-corrected chi connectivity index (χ1v) is 6.36. The molecule has 0 unspecified atom stereocenters. The van der Waals surface area contributed by atoms with Crippen molar-refractivity contribution in [3.63, 3.8) is 0 Å². The van der Waals surface area contributed by atoms with Crippen LogP contribution in [0.4, 0.5) is 0 Å². The molecule has 2 aromatic carbocycles. The molecule has 0 aliphatic carbocycles. The minimum Gasteiger partial charge on any atom is -0.487 e. The Morgan fingerprint density at radius 3 is 2.74 bits per heavy atom. The number of ether oxygens (including phenoxy) is 1. The summed E-state index contributed by atoms with van der Waals surface area (Å²) in [7, 11) is 0. The molecule has 19 heavy (non-hydrogen) atoms. The van der Waals surface area contributed by atoms with E-state index in [9.17, 15) is 0 Å². The van der Waals surface area contributed by atoms with Gasteiger partial charge in [0.1, 0.15) is 18.1 Å². The highest BCUT2D eigenvalue weighted by Crippen LogP contribution is 2.21. The third kappa shape index (κ3) is 2.57. The fraction of sp³-hybridized carbons (Fsp3) is 0.200. The summed E-state index contributed by atoms with van der Waals surface area (Å²) in [5.74, 6) is 0.852. The van der Waals surface area contributed by atoms with Crippen LogP contribution in [0.3, 0.4) is 0 Å². The zero-order chi connectivity index (χ0) is 13.1. The van der Waals surface area contributed by atoms with E-state index in [-0.39, 0.29) is 0 Å². The van der Waals surface area contributed by atoms with Crippen molar-refractivity contribution in [2.24, 2.45) is 0 Å². The summed E-state index contributed by atoms with van der Waals surface area (Å²) in [6.45, 7) is 3.30. The zero-order valence-corrected chi connectivity index (χ0v) is 10.8. The molecule has 0 amide bonds. The van der Waals surface area contributed by atoms with Gasteiger partial charge in [0.05, 0.1) is 6.20 Å². The molecule has 0 spiro atoms. The van der Waals surface area contributed by atoms with Gasteiger partial charge >= 0.3 is 0 Å². The van der Waals surface area contributed by atoms with Gasteiger partial charge in [-0.2, -0.15) is 0 Å². The number of aryl methyl sites for hydroxylation is 1. The summed E-state index contributed by atoms with van der Waals surface area (Å²) in [5, 5.41) is 10.4. The number of benzene rings is 2. The minimum absolute atomic E-state index is 0.443. The van der Waals surface area contributed by atoms with Crippen molar-refractivity contribution < 1.29 is 4.74 Å². The number of hydrogen-bond acceptors (Lipinski definition) is 3. The topological polar surface area (TPSA) is 39.9 Å². The lowest BCUT2D eigenvalue weighted by molar-refractivity contribution is 0.301. The highest BCUT2D eigenvalue weighted by molar-refractivity contribution is 5.83. The summed E-state index contributed by atoms with van der Waals surface area (Å²) in [5.41, 5.74) is 0.843. The van der Waals surface area contributed by atoms with Crippen LogP contribution in [0.1, 0.15) is 12.6 Å². The second kappa shape index (κ2) is 5.10. The maximum absolute atomic E-state index is 5.74. The molecule has 3 rings (SSSR count). The molecule has 1 aromatic heterocycles. The molecular weight excluding hydrogens is 238 g/mol. The molecule has 4 nitrogen and oxygen atoms in total. The number of rotatable bonds is 4. The molecule has 96 valence electrons. The van der Waals surface area contributed by atoms with Crippen LogP contribution in [0.15, 0.2) is 48.7 Å². The lowest BCUT2D eigenvalue weighted by Crippen LogP contribution is -1.95. The van der Waals surface area contributed by atoms with Gasteiger partial charge in [-0.15, -0.1) is 5.10 Å². The number of fused-ring (bicyclic) bond motifs is 1. The Morgan fingerprint density at radius 2 is 1.95 bits per heavy atom. The molecule has 3 aromatic rings.